The Balaban J connectivity index is 2.04. The van der Waals surface area contributed by atoms with E-state index in [1.807, 2.05) is 0 Å². The average molecular weight is 343 g/mol. The molecular weight excluding hydrogens is 320 g/mol. The zero-order valence-electron chi connectivity index (χ0n) is 12.1. The first-order valence-corrected chi connectivity index (χ1v) is 7.86. The predicted octanol–water partition coefficient (Wildman–Crippen LogP) is 2.57. The maximum Gasteiger partial charge on any atom is 0.125 e. The third kappa shape index (κ3) is 3.95. The molecule has 0 amide bonds. The van der Waals surface area contributed by atoms with Crippen molar-refractivity contribution in [3.05, 3.63) is 27.7 Å². The van der Waals surface area contributed by atoms with Crippen LogP contribution in [0.2, 0.25) is 0 Å². The number of benzene rings is 1. The van der Waals surface area contributed by atoms with E-state index in [4.69, 9.17) is 15.3 Å². The van der Waals surface area contributed by atoms with Gasteiger partial charge in [-0.2, -0.15) is 0 Å². The van der Waals surface area contributed by atoms with Crippen molar-refractivity contribution in [1.29, 1.82) is 0 Å². The summed E-state index contributed by atoms with van der Waals surface area (Å²) >= 11 is 3.57. The van der Waals surface area contributed by atoms with Crippen molar-refractivity contribution < 1.29 is 9.47 Å². The molecule has 2 rings (SSSR count). The second-order valence-electron chi connectivity index (χ2n) is 5.34. The highest BCUT2D eigenvalue weighted by Gasteiger charge is 2.20. The molecule has 5 heteroatoms. The van der Waals surface area contributed by atoms with Gasteiger partial charge in [-0.15, -0.1) is 0 Å². The number of ether oxygens (including phenoxy) is 2. The van der Waals surface area contributed by atoms with E-state index in [0.29, 0.717) is 0 Å². The number of hydrogen-bond acceptors (Lipinski definition) is 4. The molecule has 0 saturated carbocycles. The first kappa shape index (κ1) is 15.8. The number of fused-ring (bicyclic) bond motifs is 1. The summed E-state index contributed by atoms with van der Waals surface area (Å²) in [5.74, 6) is 6.74. The molecule has 1 aromatic rings. The van der Waals surface area contributed by atoms with Gasteiger partial charge in [-0.3, -0.25) is 11.3 Å². The minimum Gasteiger partial charge on any atom is -0.493 e. The summed E-state index contributed by atoms with van der Waals surface area (Å²) in [6, 6.07) is 4.51. The Morgan fingerprint density at radius 1 is 1.45 bits per heavy atom. The summed E-state index contributed by atoms with van der Waals surface area (Å²) in [6.45, 7) is 2.85. The Kier molecular flexibility index (Phi) is 5.84. The van der Waals surface area contributed by atoms with Crippen molar-refractivity contribution in [2.45, 2.75) is 44.8 Å². The molecule has 0 fully saturated rings. The monoisotopic (exact) mass is 342 g/mol. The maximum absolute atomic E-state index is 5.76. The number of halogens is 1. The van der Waals surface area contributed by atoms with Crippen LogP contribution in [-0.2, 0) is 17.6 Å². The van der Waals surface area contributed by atoms with Crippen molar-refractivity contribution in [2.75, 3.05) is 13.7 Å². The second kappa shape index (κ2) is 7.41. The number of hydrazine groups is 1. The third-order valence-corrected chi connectivity index (χ3v) is 4.31. The zero-order valence-corrected chi connectivity index (χ0v) is 13.7. The Morgan fingerprint density at radius 2 is 2.25 bits per heavy atom. The van der Waals surface area contributed by atoms with Gasteiger partial charge in [-0.1, -0.05) is 15.9 Å². The molecule has 1 heterocycles. The smallest absolute Gasteiger partial charge is 0.125 e. The minimum absolute atomic E-state index is 0.232. The van der Waals surface area contributed by atoms with Gasteiger partial charge in [0.1, 0.15) is 5.75 Å². The second-order valence-corrected chi connectivity index (χ2v) is 6.26. The van der Waals surface area contributed by atoms with E-state index in [9.17, 15) is 0 Å². The molecule has 1 aliphatic heterocycles. The molecule has 0 aromatic heterocycles. The van der Waals surface area contributed by atoms with Gasteiger partial charge in [0.05, 0.1) is 12.7 Å². The quantitative estimate of drug-likeness (QED) is 0.590. The van der Waals surface area contributed by atoms with Crippen LogP contribution in [0.5, 0.6) is 5.75 Å². The fourth-order valence-electron chi connectivity index (χ4n) is 2.56. The first-order valence-electron chi connectivity index (χ1n) is 7.07. The SMILES string of the molecule is COC(C)CCC(Cc1cc(Br)cc2c1OCC2)NN. The zero-order chi connectivity index (χ0) is 14.5. The molecule has 2 unspecified atom stereocenters. The van der Waals surface area contributed by atoms with Crippen molar-refractivity contribution in [3.8, 4) is 5.75 Å². The van der Waals surface area contributed by atoms with Crippen molar-refractivity contribution in [1.82, 2.24) is 5.43 Å². The Hall–Kier alpha value is -0.620. The van der Waals surface area contributed by atoms with Gasteiger partial charge < -0.3 is 9.47 Å². The Labute approximate surface area is 129 Å². The molecule has 1 aromatic carbocycles. The van der Waals surface area contributed by atoms with E-state index in [1.165, 1.54) is 11.1 Å². The average Bonchev–Trinajstić information content (AvgIpc) is 2.90. The Morgan fingerprint density at radius 3 is 2.95 bits per heavy atom. The van der Waals surface area contributed by atoms with Gasteiger partial charge >= 0.3 is 0 Å². The molecule has 0 aliphatic carbocycles. The van der Waals surface area contributed by atoms with Crippen molar-refractivity contribution in [2.24, 2.45) is 5.84 Å². The van der Waals surface area contributed by atoms with Gasteiger partial charge in [0.2, 0.25) is 0 Å². The summed E-state index contributed by atoms with van der Waals surface area (Å²) in [5, 5.41) is 0. The number of methoxy groups -OCH3 is 1. The van der Waals surface area contributed by atoms with Crippen LogP contribution in [-0.4, -0.2) is 25.9 Å². The molecule has 0 radical (unpaired) electrons. The van der Waals surface area contributed by atoms with Crippen LogP contribution in [0.1, 0.15) is 30.9 Å². The summed E-state index contributed by atoms with van der Waals surface area (Å²) in [5.41, 5.74) is 5.42. The summed E-state index contributed by atoms with van der Waals surface area (Å²) in [6.07, 6.45) is 4.09. The predicted molar refractivity (Wildman–Crippen MR) is 83.9 cm³/mol. The molecule has 20 heavy (non-hydrogen) atoms. The molecule has 4 nitrogen and oxygen atoms in total. The third-order valence-electron chi connectivity index (χ3n) is 3.85. The van der Waals surface area contributed by atoms with E-state index >= 15 is 0 Å². The normalized spacial score (nSPS) is 16.6. The molecule has 3 N–H and O–H groups in total. The lowest BCUT2D eigenvalue weighted by Gasteiger charge is -2.19. The standard InChI is InChI=1S/C15H23BrN2O2/c1-10(19-2)3-4-14(18-17)9-12-8-13(16)7-11-5-6-20-15(11)12/h7-8,10,14,18H,3-6,9,17H2,1-2H3. The Bertz CT molecular complexity index is 454. The fraction of sp³-hybridized carbons (Fsp3) is 0.600. The molecule has 1 aliphatic rings. The maximum atomic E-state index is 5.76. The number of nitrogens with one attached hydrogen (secondary N) is 1. The van der Waals surface area contributed by atoms with E-state index in [0.717, 1.165) is 42.5 Å². The fourth-order valence-corrected chi connectivity index (χ4v) is 3.11. The highest BCUT2D eigenvalue weighted by molar-refractivity contribution is 9.10. The lowest BCUT2D eigenvalue weighted by molar-refractivity contribution is 0.106. The van der Waals surface area contributed by atoms with Crippen LogP contribution in [0.15, 0.2) is 16.6 Å². The molecular formula is C15H23BrN2O2. The molecule has 2 atom stereocenters. The van der Waals surface area contributed by atoms with Crippen LogP contribution >= 0.6 is 15.9 Å². The van der Waals surface area contributed by atoms with E-state index < -0.39 is 0 Å². The first-order chi connectivity index (χ1) is 9.63. The van der Waals surface area contributed by atoms with Crippen LogP contribution in [0.25, 0.3) is 0 Å². The van der Waals surface area contributed by atoms with Gasteiger partial charge in [-0.05, 0) is 49.4 Å². The van der Waals surface area contributed by atoms with E-state index in [1.54, 1.807) is 7.11 Å². The van der Waals surface area contributed by atoms with Gasteiger partial charge in [0.15, 0.2) is 0 Å². The van der Waals surface area contributed by atoms with Crippen molar-refractivity contribution >= 4 is 15.9 Å². The van der Waals surface area contributed by atoms with Crippen LogP contribution < -0.4 is 16.0 Å². The van der Waals surface area contributed by atoms with Crippen molar-refractivity contribution in [3.63, 3.8) is 0 Å². The number of rotatable bonds is 7. The van der Waals surface area contributed by atoms with Gasteiger partial charge in [-0.25, -0.2) is 0 Å². The lowest BCUT2D eigenvalue weighted by Crippen LogP contribution is -2.37. The van der Waals surface area contributed by atoms with Gasteiger partial charge in [0.25, 0.3) is 0 Å². The highest BCUT2D eigenvalue weighted by atomic mass is 79.9. The van der Waals surface area contributed by atoms with Crippen LogP contribution in [0.4, 0.5) is 0 Å². The van der Waals surface area contributed by atoms with Gasteiger partial charge in [0, 0.05) is 24.0 Å². The molecule has 0 saturated heterocycles. The summed E-state index contributed by atoms with van der Waals surface area (Å²) in [4.78, 5) is 0. The molecule has 112 valence electrons. The number of hydrogen-bond donors (Lipinski definition) is 2. The number of nitrogens with two attached hydrogens (primary N) is 1. The summed E-state index contributed by atoms with van der Waals surface area (Å²) < 4.78 is 12.2. The minimum atomic E-state index is 0.232. The van der Waals surface area contributed by atoms with Crippen LogP contribution in [0, 0.1) is 0 Å². The topological polar surface area (TPSA) is 56.5 Å². The molecule has 0 bridgehead atoms. The summed E-state index contributed by atoms with van der Waals surface area (Å²) in [7, 11) is 1.74. The van der Waals surface area contributed by atoms with E-state index in [2.05, 4.69) is 40.4 Å². The van der Waals surface area contributed by atoms with Crippen LogP contribution in [0.3, 0.4) is 0 Å². The van der Waals surface area contributed by atoms with E-state index in [-0.39, 0.29) is 12.1 Å². The molecule has 0 spiro atoms. The highest BCUT2D eigenvalue weighted by Crippen LogP contribution is 2.34. The lowest BCUT2D eigenvalue weighted by atomic mass is 9.98. The largest absolute Gasteiger partial charge is 0.493 e.